The quantitative estimate of drug-likeness (QED) is 0.495. The van der Waals surface area contributed by atoms with E-state index in [2.05, 4.69) is 31.3 Å². The highest BCUT2D eigenvalue weighted by Gasteiger charge is 2.48. The molecule has 1 saturated heterocycles. The number of likely N-dealkylation sites (tertiary alicyclic amines) is 1. The van der Waals surface area contributed by atoms with E-state index in [9.17, 15) is 9.59 Å². The first-order valence-electron chi connectivity index (χ1n) is 13.4. The molecule has 38 heavy (non-hydrogen) atoms. The molecule has 1 N–H and O–H groups in total. The molecular weight excluding hydrogens is 498 g/mol. The maximum Gasteiger partial charge on any atom is 0.274 e. The summed E-state index contributed by atoms with van der Waals surface area (Å²) in [5.74, 6) is 2.26. The SMILES string of the molecule is Cc1cccc(-c2sc(C)nc2C(=O)N2CC3CC(C)C[C@@H]3C2CNC(=O)c2cccc3c2OCCO3)c1. The molecule has 6 rings (SSSR count). The van der Waals surface area contributed by atoms with Crippen LogP contribution in [0.25, 0.3) is 10.4 Å². The molecule has 3 heterocycles. The lowest BCUT2D eigenvalue weighted by Gasteiger charge is -2.29. The molecule has 2 aromatic carbocycles. The van der Waals surface area contributed by atoms with Crippen molar-refractivity contribution < 1.29 is 19.1 Å². The summed E-state index contributed by atoms with van der Waals surface area (Å²) in [6.07, 6.45) is 2.17. The van der Waals surface area contributed by atoms with E-state index in [4.69, 9.17) is 14.5 Å². The summed E-state index contributed by atoms with van der Waals surface area (Å²) in [6.45, 7) is 8.28. The van der Waals surface area contributed by atoms with Gasteiger partial charge in [0, 0.05) is 13.1 Å². The Bertz CT molecular complexity index is 1390. The number of fused-ring (bicyclic) bond motifs is 2. The molecule has 3 aliphatic rings. The van der Waals surface area contributed by atoms with Crippen LogP contribution in [0, 0.1) is 31.6 Å². The van der Waals surface area contributed by atoms with Gasteiger partial charge in [0.05, 0.1) is 21.5 Å². The normalized spacial score (nSPS) is 23.8. The Morgan fingerprint density at radius 2 is 1.92 bits per heavy atom. The van der Waals surface area contributed by atoms with E-state index in [0.717, 1.165) is 33.9 Å². The van der Waals surface area contributed by atoms with Crippen molar-refractivity contribution in [1.82, 2.24) is 15.2 Å². The number of carbonyl (C=O) groups excluding carboxylic acids is 2. The van der Waals surface area contributed by atoms with E-state index in [0.29, 0.717) is 66.8 Å². The Kier molecular flexibility index (Phi) is 6.60. The number of amides is 2. The molecule has 0 bridgehead atoms. The third-order valence-corrected chi connectivity index (χ3v) is 9.09. The summed E-state index contributed by atoms with van der Waals surface area (Å²) in [6, 6.07) is 13.5. The van der Waals surface area contributed by atoms with E-state index in [1.165, 1.54) is 0 Å². The van der Waals surface area contributed by atoms with Gasteiger partial charge in [-0.3, -0.25) is 9.59 Å². The van der Waals surface area contributed by atoms with E-state index in [1.54, 1.807) is 23.5 Å². The molecule has 1 aromatic heterocycles. The monoisotopic (exact) mass is 531 g/mol. The van der Waals surface area contributed by atoms with Gasteiger partial charge in [0.15, 0.2) is 11.5 Å². The fraction of sp³-hybridized carbons (Fsp3) is 0.433. The zero-order chi connectivity index (χ0) is 26.4. The smallest absolute Gasteiger partial charge is 0.274 e. The van der Waals surface area contributed by atoms with E-state index >= 15 is 0 Å². The molecule has 198 valence electrons. The van der Waals surface area contributed by atoms with Crippen molar-refractivity contribution >= 4 is 23.2 Å². The molecule has 1 saturated carbocycles. The van der Waals surface area contributed by atoms with E-state index in [1.807, 2.05) is 30.0 Å². The van der Waals surface area contributed by atoms with Crippen molar-refractivity contribution in [3.63, 3.8) is 0 Å². The minimum absolute atomic E-state index is 0.0408. The predicted molar refractivity (Wildman–Crippen MR) is 147 cm³/mol. The van der Waals surface area contributed by atoms with Crippen LogP contribution in [0.4, 0.5) is 0 Å². The van der Waals surface area contributed by atoms with Crippen LogP contribution in [0.2, 0.25) is 0 Å². The zero-order valence-corrected chi connectivity index (χ0v) is 22.8. The van der Waals surface area contributed by atoms with Crippen LogP contribution in [-0.4, -0.2) is 54.0 Å². The number of aryl methyl sites for hydroxylation is 2. The summed E-state index contributed by atoms with van der Waals surface area (Å²) in [4.78, 5) is 35.0. The summed E-state index contributed by atoms with van der Waals surface area (Å²) < 4.78 is 11.4. The molecule has 3 unspecified atom stereocenters. The second-order valence-corrected chi connectivity index (χ2v) is 12.0. The van der Waals surface area contributed by atoms with Crippen LogP contribution in [-0.2, 0) is 0 Å². The predicted octanol–water partition coefficient (Wildman–Crippen LogP) is 5.11. The van der Waals surface area contributed by atoms with Crippen molar-refractivity contribution in [2.75, 3.05) is 26.3 Å². The van der Waals surface area contributed by atoms with Crippen LogP contribution in [0.5, 0.6) is 11.5 Å². The van der Waals surface area contributed by atoms with Gasteiger partial charge in [-0.1, -0.05) is 42.8 Å². The average Bonchev–Trinajstić information content (AvgIpc) is 3.58. The summed E-state index contributed by atoms with van der Waals surface area (Å²) in [5.41, 5.74) is 3.15. The Hall–Kier alpha value is -3.39. The number of nitrogens with one attached hydrogen (secondary N) is 1. The zero-order valence-electron chi connectivity index (χ0n) is 22.0. The number of hydrogen-bond donors (Lipinski definition) is 1. The van der Waals surface area contributed by atoms with Gasteiger partial charge in [0.1, 0.15) is 18.9 Å². The number of nitrogens with zero attached hydrogens (tertiary/aromatic N) is 2. The number of benzene rings is 2. The third-order valence-electron chi connectivity index (χ3n) is 8.07. The number of para-hydroxylation sites is 1. The van der Waals surface area contributed by atoms with Gasteiger partial charge in [-0.05, 0) is 62.1 Å². The van der Waals surface area contributed by atoms with Crippen LogP contribution in [0.3, 0.4) is 0 Å². The first-order valence-corrected chi connectivity index (χ1v) is 14.2. The lowest BCUT2D eigenvalue weighted by molar-refractivity contribution is 0.0692. The van der Waals surface area contributed by atoms with Crippen LogP contribution in [0.15, 0.2) is 42.5 Å². The van der Waals surface area contributed by atoms with Gasteiger partial charge in [-0.15, -0.1) is 11.3 Å². The van der Waals surface area contributed by atoms with Gasteiger partial charge in [-0.25, -0.2) is 4.98 Å². The molecule has 2 fully saturated rings. The number of thiazole rings is 1. The first kappa shape index (κ1) is 24.9. The average molecular weight is 532 g/mol. The summed E-state index contributed by atoms with van der Waals surface area (Å²) >= 11 is 1.56. The number of hydrogen-bond acceptors (Lipinski definition) is 6. The third kappa shape index (κ3) is 4.55. The van der Waals surface area contributed by atoms with Crippen molar-refractivity contribution in [3.8, 4) is 21.9 Å². The standard InChI is InChI=1S/C30H33N3O4S/c1-17-6-4-7-20(12-17)28-26(32-19(3)38-28)30(35)33-16-21-13-18(2)14-23(21)24(33)15-31-29(34)22-8-5-9-25-27(22)37-11-10-36-25/h4-9,12,18,21,23-24H,10-11,13-16H2,1-3H3,(H,31,34)/t18?,21?,23-,24?/m0/s1. The number of aromatic nitrogens is 1. The molecular formula is C30H33N3O4S. The summed E-state index contributed by atoms with van der Waals surface area (Å²) in [7, 11) is 0. The van der Waals surface area contributed by atoms with E-state index in [-0.39, 0.29) is 17.9 Å². The second-order valence-electron chi connectivity index (χ2n) is 10.8. The molecule has 0 radical (unpaired) electrons. The Balaban J connectivity index is 1.26. The Morgan fingerprint density at radius 3 is 2.76 bits per heavy atom. The topological polar surface area (TPSA) is 80.8 Å². The van der Waals surface area contributed by atoms with E-state index < -0.39 is 0 Å². The fourth-order valence-corrected chi connectivity index (χ4v) is 7.38. The lowest BCUT2D eigenvalue weighted by atomic mass is 9.93. The van der Waals surface area contributed by atoms with Gasteiger partial charge in [0.25, 0.3) is 11.8 Å². The maximum atomic E-state index is 14.1. The Morgan fingerprint density at radius 1 is 1.11 bits per heavy atom. The molecule has 2 amide bonds. The molecule has 4 atom stereocenters. The second kappa shape index (κ2) is 10.1. The van der Waals surface area contributed by atoms with Crippen molar-refractivity contribution in [2.24, 2.45) is 17.8 Å². The van der Waals surface area contributed by atoms with Crippen molar-refractivity contribution in [3.05, 3.63) is 64.3 Å². The highest BCUT2D eigenvalue weighted by molar-refractivity contribution is 7.15. The minimum Gasteiger partial charge on any atom is -0.486 e. The fourth-order valence-electron chi connectivity index (χ4n) is 6.48. The molecule has 2 aliphatic heterocycles. The summed E-state index contributed by atoms with van der Waals surface area (Å²) in [5, 5.41) is 4.00. The highest BCUT2D eigenvalue weighted by atomic mass is 32.1. The van der Waals surface area contributed by atoms with Crippen molar-refractivity contribution in [1.29, 1.82) is 0 Å². The Labute approximate surface area is 227 Å². The molecule has 7 nitrogen and oxygen atoms in total. The van der Waals surface area contributed by atoms with Gasteiger partial charge < -0.3 is 19.7 Å². The van der Waals surface area contributed by atoms with Gasteiger partial charge in [0.2, 0.25) is 0 Å². The molecule has 0 spiro atoms. The van der Waals surface area contributed by atoms with Crippen LogP contribution in [0.1, 0.15) is 51.2 Å². The van der Waals surface area contributed by atoms with Gasteiger partial charge >= 0.3 is 0 Å². The van der Waals surface area contributed by atoms with Gasteiger partial charge in [-0.2, -0.15) is 0 Å². The molecule has 1 aliphatic carbocycles. The minimum atomic E-state index is -0.209. The van der Waals surface area contributed by atoms with Crippen LogP contribution < -0.4 is 14.8 Å². The van der Waals surface area contributed by atoms with Crippen molar-refractivity contribution in [2.45, 2.75) is 39.7 Å². The maximum absolute atomic E-state index is 14.1. The largest absolute Gasteiger partial charge is 0.486 e. The number of rotatable bonds is 5. The molecule has 3 aromatic rings. The first-order chi connectivity index (χ1) is 18.4. The number of ether oxygens (including phenoxy) is 2. The lowest BCUT2D eigenvalue weighted by Crippen LogP contribution is -2.46. The van der Waals surface area contributed by atoms with Crippen LogP contribution >= 0.6 is 11.3 Å². The number of carbonyl (C=O) groups is 2. The highest BCUT2D eigenvalue weighted by Crippen LogP contribution is 2.46. The molecule has 8 heteroatoms.